The van der Waals surface area contributed by atoms with Crippen LogP contribution in [0.15, 0.2) is 65.5 Å². The smallest absolute Gasteiger partial charge is 0.260 e. The summed E-state index contributed by atoms with van der Waals surface area (Å²) in [5, 5.41) is 1.51. The zero-order valence-electron chi connectivity index (χ0n) is 14.6. The third-order valence-corrected chi connectivity index (χ3v) is 4.50. The number of ether oxygens (including phenoxy) is 2. The number of para-hydroxylation sites is 1. The first-order valence-electron chi connectivity index (χ1n) is 8.30. The van der Waals surface area contributed by atoms with Crippen LogP contribution in [0, 0.1) is 0 Å². The molecule has 0 N–H and O–H groups in total. The van der Waals surface area contributed by atoms with Gasteiger partial charge in [0.2, 0.25) is 5.88 Å². The Morgan fingerprint density at radius 2 is 1.65 bits per heavy atom. The maximum absolute atomic E-state index is 13.1. The van der Waals surface area contributed by atoms with Crippen LogP contribution < -0.4 is 15.0 Å². The van der Waals surface area contributed by atoms with Crippen LogP contribution in [0.25, 0.3) is 21.8 Å². The average molecular weight is 346 g/mol. The highest BCUT2D eigenvalue weighted by molar-refractivity contribution is 6.03. The van der Waals surface area contributed by atoms with Gasteiger partial charge in [0.05, 0.1) is 37.2 Å². The summed E-state index contributed by atoms with van der Waals surface area (Å²) >= 11 is 0. The molecule has 0 radical (unpaired) electrons. The lowest BCUT2D eigenvalue weighted by molar-refractivity contribution is 0.399. The van der Waals surface area contributed by atoms with E-state index in [1.54, 1.807) is 30.9 Å². The molecular weight excluding hydrogens is 328 g/mol. The van der Waals surface area contributed by atoms with Crippen molar-refractivity contribution < 1.29 is 9.47 Å². The SMILES string of the molecule is COc1ccc(Cn2c(=O)c3ccc(OC)nc3c3ccccc32)cc1. The summed E-state index contributed by atoms with van der Waals surface area (Å²) in [6, 6.07) is 19.0. The summed E-state index contributed by atoms with van der Waals surface area (Å²) in [5.74, 6) is 1.29. The van der Waals surface area contributed by atoms with Gasteiger partial charge >= 0.3 is 0 Å². The quantitative estimate of drug-likeness (QED) is 0.530. The second kappa shape index (κ2) is 6.52. The van der Waals surface area contributed by atoms with Gasteiger partial charge in [0.25, 0.3) is 5.56 Å². The Morgan fingerprint density at radius 1 is 0.885 bits per heavy atom. The van der Waals surface area contributed by atoms with E-state index in [1.165, 1.54) is 0 Å². The highest BCUT2D eigenvalue weighted by Gasteiger charge is 2.13. The standard InChI is InChI=1S/C21H18N2O3/c1-25-15-9-7-14(8-10-15)13-23-18-6-4-3-5-16(18)20-17(21(23)24)11-12-19(22-20)26-2/h3-12H,13H2,1-2H3. The van der Waals surface area contributed by atoms with Crippen molar-refractivity contribution in [3.8, 4) is 11.6 Å². The van der Waals surface area contributed by atoms with E-state index in [1.807, 2.05) is 48.5 Å². The van der Waals surface area contributed by atoms with Gasteiger partial charge in [-0.3, -0.25) is 4.79 Å². The zero-order valence-corrected chi connectivity index (χ0v) is 14.6. The van der Waals surface area contributed by atoms with Crippen molar-refractivity contribution in [1.29, 1.82) is 0 Å². The normalized spacial score (nSPS) is 11.0. The van der Waals surface area contributed by atoms with Crippen molar-refractivity contribution in [2.24, 2.45) is 0 Å². The van der Waals surface area contributed by atoms with Crippen LogP contribution in [0.1, 0.15) is 5.56 Å². The molecule has 0 saturated heterocycles. The maximum Gasteiger partial charge on any atom is 0.260 e. The van der Waals surface area contributed by atoms with Crippen molar-refractivity contribution >= 4 is 21.8 Å². The second-order valence-electron chi connectivity index (χ2n) is 6.01. The number of hydrogen-bond donors (Lipinski definition) is 0. The van der Waals surface area contributed by atoms with Crippen molar-refractivity contribution in [2.75, 3.05) is 14.2 Å². The second-order valence-corrected chi connectivity index (χ2v) is 6.01. The third-order valence-electron chi connectivity index (χ3n) is 4.50. The molecule has 0 aliphatic rings. The Hall–Kier alpha value is -3.34. The lowest BCUT2D eigenvalue weighted by atomic mass is 10.1. The predicted molar refractivity (Wildman–Crippen MR) is 102 cm³/mol. The van der Waals surface area contributed by atoms with E-state index in [9.17, 15) is 4.79 Å². The molecule has 2 heterocycles. The van der Waals surface area contributed by atoms with E-state index < -0.39 is 0 Å². The largest absolute Gasteiger partial charge is 0.497 e. The van der Waals surface area contributed by atoms with Crippen molar-refractivity contribution in [3.63, 3.8) is 0 Å². The van der Waals surface area contributed by atoms with E-state index in [2.05, 4.69) is 4.98 Å². The van der Waals surface area contributed by atoms with Gasteiger partial charge in [0.15, 0.2) is 0 Å². The molecule has 4 aromatic rings. The molecule has 0 atom stereocenters. The minimum Gasteiger partial charge on any atom is -0.497 e. The lowest BCUT2D eigenvalue weighted by Gasteiger charge is -2.13. The van der Waals surface area contributed by atoms with Crippen LogP contribution >= 0.6 is 0 Å². The molecule has 0 aliphatic heterocycles. The van der Waals surface area contributed by atoms with Crippen molar-refractivity contribution in [3.05, 3.63) is 76.6 Å². The van der Waals surface area contributed by atoms with Gasteiger partial charge in [-0.05, 0) is 29.8 Å². The van der Waals surface area contributed by atoms with Crippen LogP contribution in [0.3, 0.4) is 0 Å². The first-order chi connectivity index (χ1) is 12.7. The monoisotopic (exact) mass is 346 g/mol. The molecule has 0 unspecified atom stereocenters. The van der Waals surface area contributed by atoms with Crippen molar-refractivity contribution in [1.82, 2.24) is 9.55 Å². The van der Waals surface area contributed by atoms with Gasteiger partial charge in [-0.15, -0.1) is 0 Å². The maximum atomic E-state index is 13.1. The fraction of sp³-hybridized carbons (Fsp3) is 0.143. The number of pyridine rings is 2. The molecule has 0 bridgehead atoms. The number of rotatable bonds is 4. The summed E-state index contributed by atoms with van der Waals surface area (Å²) in [7, 11) is 3.21. The minimum atomic E-state index is -0.0651. The van der Waals surface area contributed by atoms with Crippen LogP contribution in [0.2, 0.25) is 0 Å². The molecule has 26 heavy (non-hydrogen) atoms. The molecule has 2 aromatic heterocycles. The Balaban J connectivity index is 1.95. The predicted octanol–water partition coefficient (Wildman–Crippen LogP) is 3.62. The summed E-state index contributed by atoms with van der Waals surface area (Å²) in [6.07, 6.45) is 0. The van der Waals surface area contributed by atoms with Gasteiger partial charge in [0, 0.05) is 11.5 Å². The zero-order chi connectivity index (χ0) is 18.1. The van der Waals surface area contributed by atoms with E-state index in [4.69, 9.17) is 9.47 Å². The van der Waals surface area contributed by atoms with Crippen LogP contribution in [-0.4, -0.2) is 23.8 Å². The number of nitrogens with zero attached hydrogens (tertiary/aromatic N) is 2. The summed E-state index contributed by atoms with van der Waals surface area (Å²) in [4.78, 5) is 17.6. The number of fused-ring (bicyclic) bond motifs is 3. The van der Waals surface area contributed by atoms with Crippen LogP contribution in [0.4, 0.5) is 0 Å². The van der Waals surface area contributed by atoms with Gasteiger partial charge < -0.3 is 14.0 Å². The number of aromatic nitrogens is 2. The molecule has 5 nitrogen and oxygen atoms in total. The molecular formula is C21H18N2O3. The van der Waals surface area contributed by atoms with Crippen LogP contribution in [0.5, 0.6) is 11.6 Å². The first-order valence-corrected chi connectivity index (χ1v) is 8.30. The average Bonchev–Trinajstić information content (AvgIpc) is 2.71. The number of methoxy groups -OCH3 is 2. The summed E-state index contributed by atoms with van der Waals surface area (Å²) < 4.78 is 12.2. The van der Waals surface area contributed by atoms with E-state index in [0.29, 0.717) is 23.3 Å². The number of hydrogen-bond acceptors (Lipinski definition) is 4. The highest BCUT2D eigenvalue weighted by atomic mass is 16.5. The number of benzene rings is 2. The highest BCUT2D eigenvalue weighted by Crippen LogP contribution is 2.24. The fourth-order valence-corrected chi connectivity index (χ4v) is 3.17. The van der Waals surface area contributed by atoms with E-state index >= 15 is 0 Å². The Kier molecular flexibility index (Phi) is 4.05. The molecule has 4 rings (SSSR count). The van der Waals surface area contributed by atoms with Gasteiger partial charge in [0.1, 0.15) is 5.75 Å². The minimum absolute atomic E-state index is 0.0651. The molecule has 0 aliphatic carbocycles. The topological polar surface area (TPSA) is 53.4 Å². The summed E-state index contributed by atoms with van der Waals surface area (Å²) in [5.41, 5.74) is 2.47. The van der Waals surface area contributed by atoms with Crippen molar-refractivity contribution in [2.45, 2.75) is 6.54 Å². The molecule has 5 heteroatoms. The Bertz CT molecular complexity index is 1150. The van der Waals surface area contributed by atoms with E-state index in [-0.39, 0.29) is 5.56 Å². The van der Waals surface area contributed by atoms with Gasteiger partial charge in [-0.2, -0.15) is 0 Å². The van der Waals surface area contributed by atoms with Gasteiger partial charge in [-0.25, -0.2) is 4.98 Å². The van der Waals surface area contributed by atoms with E-state index in [0.717, 1.165) is 22.2 Å². The molecule has 0 spiro atoms. The third kappa shape index (κ3) is 2.67. The Labute approximate surface area is 150 Å². The molecule has 130 valence electrons. The van der Waals surface area contributed by atoms with Gasteiger partial charge in [-0.1, -0.05) is 30.3 Å². The first kappa shape index (κ1) is 16.1. The molecule has 0 saturated carbocycles. The Morgan fingerprint density at radius 3 is 2.38 bits per heavy atom. The molecule has 0 amide bonds. The fourth-order valence-electron chi connectivity index (χ4n) is 3.17. The lowest BCUT2D eigenvalue weighted by Crippen LogP contribution is -2.22. The van der Waals surface area contributed by atoms with Crippen LogP contribution in [-0.2, 0) is 6.54 Å². The molecule has 2 aromatic carbocycles. The molecule has 0 fully saturated rings. The summed E-state index contributed by atoms with van der Waals surface area (Å²) in [6.45, 7) is 0.477.